The Morgan fingerprint density at radius 3 is 2.67 bits per heavy atom. The van der Waals surface area contributed by atoms with Crippen molar-refractivity contribution in [1.29, 1.82) is 0 Å². The maximum absolute atomic E-state index is 5.21. The van der Waals surface area contributed by atoms with Gasteiger partial charge in [0, 0.05) is 0 Å². The lowest BCUT2D eigenvalue weighted by Gasteiger charge is -2.07. The van der Waals surface area contributed by atoms with Crippen molar-refractivity contribution in [2.45, 2.75) is 26.2 Å². The van der Waals surface area contributed by atoms with E-state index in [9.17, 15) is 0 Å². The lowest BCUT2D eigenvalue weighted by atomic mass is 10.1. The summed E-state index contributed by atoms with van der Waals surface area (Å²) in [4.78, 5) is 4.52. The van der Waals surface area contributed by atoms with Gasteiger partial charge in [0.1, 0.15) is 5.75 Å². The van der Waals surface area contributed by atoms with Crippen molar-refractivity contribution in [3.63, 3.8) is 0 Å². The zero-order valence-electron chi connectivity index (χ0n) is 9.45. The molecular weight excluding hydrogens is 190 g/mol. The highest BCUT2D eigenvalue weighted by Crippen LogP contribution is 2.19. The summed E-state index contributed by atoms with van der Waals surface area (Å²) in [5.41, 5.74) is 2.52. The third kappa shape index (κ3) is 3.90. The van der Waals surface area contributed by atoms with E-state index in [1.807, 2.05) is 6.07 Å². The van der Waals surface area contributed by atoms with Crippen LogP contribution in [-0.4, -0.2) is 13.7 Å². The van der Waals surface area contributed by atoms with Crippen LogP contribution < -0.4 is 10.6 Å². The van der Waals surface area contributed by atoms with E-state index < -0.39 is 0 Å². The fourth-order valence-corrected chi connectivity index (χ4v) is 1.61. The average Bonchev–Trinajstić information content (AvgIpc) is 2.25. The Morgan fingerprint density at radius 1 is 1.27 bits per heavy atom. The number of nitrogens with two attached hydrogens (primary N) is 1. The second kappa shape index (κ2) is 6.43. The van der Waals surface area contributed by atoms with E-state index in [4.69, 9.17) is 10.6 Å². The quantitative estimate of drug-likeness (QED) is 0.577. The largest absolute Gasteiger partial charge is 0.496 e. The van der Waals surface area contributed by atoms with E-state index in [0.717, 1.165) is 25.0 Å². The molecule has 15 heavy (non-hydrogen) atoms. The van der Waals surface area contributed by atoms with Crippen LogP contribution in [0.1, 0.15) is 24.0 Å². The molecule has 2 N–H and O–H groups in total. The van der Waals surface area contributed by atoms with Crippen molar-refractivity contribution in [3.8, 4) is 5.75 Å². The highest BCUT2D eigenvalue weighted by molar-refractivity contribution is 5.36. The van der Waals surface area contributed by atoms with Crippen LogP contribution in [0.15, 0.2) is 18.2 Å². The van der Waals surface area contributed by atoms with Crippen LogP contribution in [0.5, 0.6) is 5.75 Å². The first-order chi connectivity index (χ1) is 7.27. The minimum atomic E-state index is 0.634. The van der Waals surface area contributed by atoms with E-state index in [1.54, 1.807) is 7.11 Å². The third-order valence-corrected chi connectivity index (χ3v) is 2.44. The van der Waals surface area contributed by atoms with Crippen LogP contribution in [0, 0.1) is 6.92 Å². The zero-order chi connectivity index (χ0) is 11.1. The third-order valence-electron chi connectivity index (χ3n) is 2.44. The van der Waals surface area contributed by atoms with Gasteiger partial charge < -0.3 is 9.57 Å². The van der Waals surface area contributed by atoms with Crippen molar-refractivity contribution in [2.24, 2.45) is 5.90 Å². The summed E-state index contributed by atoms with van der Waals surface area (Å²) < 4.78 is 5.21. The summed E-state index contributed by atoms with van der Waals surface area (Å²) in [6.07, 6.45) is 3.17. The molecule has 0 aliphatic carbocycles. The number of ether oxygens (including phenoxy) is 1. The van der Waals surface area contributed by atoms with E-state index in [0.29, 0.717) is 6.61 Å². The Bertz CT molecular complexity index is 300. The molecule has 3 nitrogen and oxygen atoms in total. The second-order valence-corrected chi connectivity index (χ2v) is 3.63. The molecule has 0 saturated heterocycles. The number of aryl methyl sites for hydroxylation is 2. The van der Waals surface area contributed by atoms with Gasteiger partial charge in [-0.25, -0.2) is 5.90 Å². The van der Waals surface area contributed by atoms with Gasteiger partial charge in [-0.3, -0.25) is 0 Å². The van der Waals surface area contributed by atoms with Gasteiger partial charge in [0.25, 0.3) is 0 Å². The molecule has 0 radical (unpaired) electrons. The van der Waals surface area contributed by atoms with Crippen molar-refractivity contribution in [1.82, 2.24) is 0 Å². The first-order valence-electron chi connectivity index (χ1n) is 5.23. The SMILES string of the molecule is COc1ccc(CCCCON)cc1C. The molecule has 1 aromatic rings. The molecule has 0 aliphatic rings. The summed E-state index contributed by atoms with van der Waals surface area (Å²) >= 11 is 0. The van der Waals surface area contributed by atoms with Crippen LogP contribution in [0.4, 0.5) is 0 Å². The topological polar surface area (TPSA) is 44.5 Å². The van der Waals surface area contributed by atoms with E-state index in [1.165, 1.54) is 11.1 Å². The van der Waals surface area contributed by atoms with Crippen LogP contribution in [0.3, 0.4) is 0 Å². The van der Waals surface area contributed by atoms with Crippen LogP contribution in [0.2, 0.25) is 0 Å². The normalized spacial score (nSPS) is 10.3. The van der Waals surface area contributed by atoms with Gasteiger partial charge in [0.05, 0.1) is 13.7 Å². The molecule has 0 aliphatic heterocycles. The molecule has 0 spiro atoms. The maximum atomic E-state index is 5.21. The number of methoxy groups -OCH3 is 1. The molecule has 3 heteroatoms. The predicted octanol–water partition coefficient (Wildman–Crippen LogP) is 2.22. The number of benzene rings is 1. The van der Waals surface area contributed by atoms with Crippen LogP contribution in [0.25, 0.3) is 0 Å². The van der Waals surface area contributed by atoms with Crippen molar-refractivity contribution in [3.05, 3.63) is 29.3 Å². The monoisotopic (exact) mass is 209 g/mol. The van der Waals surface area contributed by atoms with Gasteiger partial charge in [-0.05, 0) is 43.4 Å². The fraction of sp³-hybridized carbons (Fsp3) is 0.500. The average molecular weight is 209 g/mol. The molecule has 0 aromatic heterocycles. The molecule has 1 aromatic carbocycles. The Labute approximate surface area is 91.1 Å². The fourth-order valence-electron chi connectivity index (χ4n) is 1.61. The summed E-state index contributed by atoms with van der Waals surface area (Å²) in [6.45, 7) is 2.69. The minimum Gasteiger partial charge on any atom is -0.496 e. The molecule has 0 amide bonds. The standard InChI is InChI=1S/C12H19NO2/c1-10-9-11(5-3-4-8-15-13)6-7-12(10)14-2/h6-7,9H,3-5,8,13H2,1-2H3. The van der Waals surface area contributed by atoms with Gasteiger partial charge in [-0.15, -0.1) is 0 Å². The van der Waals surface area contributed by atoms with Gasteiger partial charge >= 0.3 is 0 Å². The molecule has 0 unspecified atom stereocenters. The Morgan fingerprint density at radius 2 is 2.07 bits per heavy atom. The lowest BCUT2D eigenvalue weighted by Crippen LogP contribution is -2.01. The zero-order valence-corrected chi connectivity index (χ0v) is 9.45. The van der Waals surface area contributed by atoms with Crippen LogP contribution >= 0.6 is 0 Å². The van der Waals surface area contributed by atoms with E-state index in [2.05, 4.69) is 23.9 Å². The maximum Gasteiger partial charge on any atom is 0.121 e. The van der Waals surface area contributed by atoms with Crippen molar-refractivity contribution in [2.75, 3.05) is 13.7 Å². The summed E-state index contributed by atoms with van der Waals surface area (Å²) in [6, 6.07) is 6.29. The summed E-state index contributed by atoms with van der Waals surface area (Å²) in [5.74, 6) is 5.90. The van der Waals surface area contributed by atoms with Crippen molar-refractivity contribution >= 4 is 0 Å². The first-order valence-corrected chi connectivity index (χ1v) is 5.23. The molecular formula is C12H19NO2. The first kappa shape index (κ1) is 12.0. The van der Waals surface area contributed by atoms with E-state index in [-0.39, 0.29) is 0 Å². The van der Waals surface area contributed by atoms with Gasteiger partial charge in [0.2, 0.25) is 0 Å². The van der Waals surface area contributed by atoms with Gasteiger partial charge in [-0.2, -0.15) is 0 Å². The molecule has 0 saturated carbocycles. The van der Waals surface area contributed by atoms with E-state index >= 15 is 0 Å². The number of rotatable bonds is 6. The smallest absolute Gasteiger partial charge is 0.121 e. The highest BCUT2D eigenvalue weighted by Gasteiger charge is 1.99. The summed E-state index contributed by atoms with van der Waals surface area (Å²) in [7, 11) is 1.70. The van der Waals surface area contributed by atoms with Gasteiger partial charge in [-0.1, -0.05) is 12.1 Å². The Kier molecular flexibility index (Phi) is 5.15. The number of unbranched alkanes of at least 4 members (excludes halogenated alkanes) is 1. The molecule has 1 rings (SSSR count). The lowest BCUT2D eigenvalue weighted by molar-refractivity contribution is 0.134. The van der Waals surface area contributed by atoms with Gasteiger partial charge in [0.15, 0.2) is 0 Å². The molecule has 84 valence electrons. The molecule has 0 atom stereocenters. The summed E-state index contributed by atoms with van der Waals surface area (Å²) in [5, 5.41) is 0. The second-order valence-electron chi connectivity index (χ2n) is 3.63. The van der Waals surface area contributed by atoms with Crippen LogP contribution in [-0.2, 0) is 11.3 Å². The van der Waals surface area contributed by atoms with Crippen molar-refractivity contribution < 1.29 is 9.57 Å². The molecule has 0 heterocycles. The Hall–Kier alpha value is -1.06. The predicted molar refractivity (Wildman–Crippen MR) is 60.8 cm³/mol. The minimum absolute atomic E-state index is 0.634. The number of hydrogen-bond donors (Lipinski definition) is 1. The molecule has 0 fully saturated rings. The Balaban J connectivity index is 2.45. The molecule has 0 bridgehead atoms. The highest BCUT2D eigenvalue weighted by atomic mass is 16.6. The number of hydrogen-bond acceptors (Lipinski definition) is 3.